The number of alkyl halides is 3. The Bertz CT molecular complexity index is 5530. The fraction of sp³-hybridized carbons (Fsp3) is 0.0260. The van der Waals surface area contributed by atoms with Crippen molar-refractivity contribution >= 4 is 66.4 Å². The molecule has 11 aromatic carbocycles. The van der Waals surface area contributed by atoms with Crippen molar-refractivity contribution in [3.05, 3.63) is 285 Å². The van der Waals surface area contributed by atoms with Crippen molar-refractivity contribution in [2.24, 2.45) is 0 Å². The van der Waals surface area contributed by atoms with Gasteiger partial charge in [-0.25, -0.2) is 19.4 Å². The number of aryl methyl sites for hydroxylation is 1. The number of hydrogen-bond acceptors (Lipinski definition) is 5. The first kappa shape index (κ1) is 56.4. The van der Waals surface area contributed by atoms with Crippen LogP contribution < -0.4 is 0 Å². The number of nitriles is 5. The Morgan fingerprint density at radius 1 is 0.363 bits per heavy atom. The van der Waals surface area contributed by atoms with Crippen LogP contribution in [0.5, 0.6) is 0 Å². The molecule has 0 radical (unpaired) electrons. The summed E-state index contributed by atoms with van der Waals surface area (Å²) >= 11 is 0. The average molecular weight is 1170 g/mol. The summed E-state index contributed by atoms with van der Waals surface area (Å²) in [6.45, 7) is 34.0. The van der Waals surface area contributed by atoms with Gasteiger partial charge in [-0.1, -0.05) is 84.9 Å². The molecule has 0 saturated heterocycles. The lowest BCUT2D eigenvalue weighted by molar-refractivity contribution is -0.137. The van der Waals surface area contributed by atoms with Gasteiger partial charge in [-0.05, 0) is 189 Å². The predicted octanol–water partition coefficient (Wildman–Crippen LogP) is 20.8. The van der Waals surface area contributed by atoms with Gasteiger partial charge in [0.2, 0.25) is 0 Å². The van der Waals surface area contributed by atoms with E-state index in [1.165, 1.54) is 24.3 Å². The molecule has 91 heavy (non-hydrogen) atoms. The Hall–Kier alpha value is -13.8. The highest BCUT2D eigenvalue weighted by molar-refractivity contribution is 6.15. The molecule has 2 heterocycles. The van der Waals surface area contributed by atoms with Crippen LogP contribution in [0.25, 0.3) is 141 Å². The number of hydrogen-bond donors (Lipinski definition) is 0. The molecular weight excluding hydrogens is 1140 g/mol. The lowest BCUT2D eigenvalue weighted by atomic mass is 9.93. The third-order valence-corrected chi connectivity index (χ3v) is 16.4. The highest BCUT2D eigenvalue weighted by atomic mass is 19.4. The van der Waals surface area contributed by atoms with E-state index in [4.69, 9.17) is 26.3 Å². The smallest absolute Gasteiger partial charge is 0.310 e. The van der Waals surface area contributed by atoms with Crippen LogP contribution in [-0.2, 0) is 6.18 Å². The second-order valence-corrected chi connectivity index (χ2v) is 21.5. The quantitative estimate of drug-likeness (QED) is 0.139. The van der Waals surface area contributed by atoms with Gasteiger partial charge in [0.05, 0.1) is 101 Å². The van der Waals surface area contributed by atoms with E-state index in [0.717, 1.165) is 12.1 Å². The van der Waals surface area contributed by atoms with Crippen molar-refractivity contribution in [2.75, 3.05) is 0 Å². The largest absolute Gasteiger partial charge is 0.416 e. The average Bonchev–Trinajstić information content (AvgIpc) is 1.61. The standard InChI is InChI=1S/C77H36F3N11/c1-44-27-52(31-56(28-44)77(78,79)80)47-11-22-74(90-70-23-12-49(60-20-16-57(86-2)32-54(60)42-84)36-63(70)66-38-51(15-26-71(66)90)62-19-10-46(40-82)30-69(62)89-5)67(34-47)76-68(88-4)7-6-8-75(76)91-72-24-13-48(59-18-9-45(39-81)29-53(59)41-83)35-64(72)65-37-50(14-25-73(65)91)61-21-17-58(87-3)33-55(61)43-85/h6-38H,1H3. The van der Waals surface area contributed by atoms with Gasteiger partial charge in [0.15, 0.2) is 22.7 Å². The van der Waals surface area contributed by atoms with E-state index < -0.39 is 11.7 Å². The third kappa shape index (κ3) is 9.59. The fourth-order valence-electron chi connectivity index (χ4n) is 12.3. The second-order valence-electron chi connectivity index (χ2n) is 21.5. The Kier molecular flexibility index (Phi) is 13.8. The molecule has 2 aromatic heterocycles. The summed E-state index contributed by atoms with van der Waals surface area (Å²) in [5, 5.41) is 53.6. The summed E-state index contributed by atoms with van der Waals surface area (Å²) < 4.78 is 48.4. The maximum Gasteiger partial charge on any atom is 0.416 e. The second kappa shape index (κ2) is 22.3. The molecule has 14 heteroatoms. The number of halogens is 3. The Balaban J connectivity index is 1.14. The van der Waals surface area contributed by atoms with Crippen LogP contribution in [0.1, 0.15) is 38.9 Å². The van der Waals surface area contributed by atoms with Crippen LogP contribution in [0.4, 0.5) is 35.9 Å². The monoisotopic (exact) mass is 1170 g/mol. The lowest BCUT2D eigenvalue weighted by Crippen LogP contribution is -2.05. The maximum atomic E-state index is 14.8. The minimum atomic E-state index is -4.68. The Morgan fingerprint density at radius 3 is 1.29 bits per heavy atom. The molecule has 0 bridgehead atoms. The zero-order valence-electron chi connectivity index (χ0n) is 47.6. The molecule has 0 aliphatic carbocycles. The van der Waals surface area contributed by atoms with Crippen LogP contribution in [-0.4, -0.2) is 9.13 Å². The van der Waals surface area contributed by atoms with Gasteiger partial charge in [-0.15, -0.1) is 0 Å². The fourth-order valence-corrected chi connectivity index (χ4v) is 12.3. The highest BCUT2D eigenvalue weighted by Crippen LogP contribution is 2.49. The molecule has 0 amide bonds. The van der Waals surface area contributed by atoms with Crippen molar-refractivity contribution in [2.45, 2.75) is 13.1 Å². The normalized spacial score (nSPS) is 11.0. The first-order chi connectivity index (χ1) is 44.2. The molecule has 0 unspecified atom stereocenters. The predicted molar refractivity (Wildman–Crippen MR) is 346 cm³/mol. The first-order valence-corrected chi connectivity index (χ1v) is 27.9. The minimum Gasteiger partial charge on any atom is -0.310 e. The summed E-state index contributed by atoms with van der Waals surface area (Å²) in [5.74, 6) is 0. The zero-order valence-corrected chi connectivity index (χ0v) is 47.6. The van der Waals surface area contributed by atoms with E-state index in [1.807, 2.05) is 100 Å². The third-order valence-electron chi connectivity index (χ3n) is 16.4. The Morgan fingerprint density at radius 2 is 0.813 bits per heavy atom. The van der Waals surface area contributed by atoms with E-state index in [0.29, 0.717) is 144 Å². The summed E-state index contributed by atoms with van der Waals surface area (Å²) in [6.07, 6.45) is -4.68. The van der Waals surface area contributed by atoms with Gasteiger partial charge in [-0.3, -0.25) is 0 Å². The van der Waals surface area contributed by atoms with Gasteiger partial charge in [0.1, 0.15) is 0 Å². The van der Waals surface area contributed by atoms with E-state index in [1.54, 1.807) is 79.7 Å². The minimum absolute atomic E-state index is 0.193. The van der Waals surface area contributed by atoms with Gasteiger partial charge < -0.3 is 9.13 Å². The molecule has 11 nitrogen and oxygen atoms in total. The van der Waals surface area contributed by atoms with Crippen LogP contribution in [0.3, 0.4) is 0 Å². The number of nitrogens with zero attached hydrogens (tertiary/aromatic N) is 11. The van der Waals surface area contributed by atoms with Crippen LogP contribution >= 0.6 is 0 Å². The van der Waals surface area contributed by atoms with Gasteiger partial charge >= 0.3 is 6.18 Å². The van der Waals surface area contributed by atoms with Crippen molar-refractivity contribution in [3.8, 4) is 108 Å². The van der Waals surface area contributed by atoms with Gasteiger partial charge in [0.25, 0.3) is 0 Å². The van der Waals surface area contributed by atoms with Crippen LogP contribution in [0.15, 0.2) is 200 Å². The summed E-state index contributed by atoms with van der Waals surface area (Å²) in [5.41, 5.74) is 12.1. The molecule has 0 saturated carbocycles. The summed E-state index contributed by atoms with van der Waals surface area (Å²) in [4.78, 5) is 15.1. The molecule has 0 N–H and O–H groups in total. The van der Waals surface area contributed by atoms with Gasteiger partial charge in [-0.2, -0.15) is 39.5 Å². The summed E-state index contributed by atoms with van der Waals surface area (Å²) in [7, 11) is 0. The molecule has 0 fully saturated rings. The first-order valence-electron chi connectivity index (χ1n) is 27.9. The zero-order chi connectivity index (χ0) is 63.4. The lowest BCUT2D eigenvalue weighted by Gasteiger charge is -2.21. The van der Waals surface area contributed by atoms with E-state index >= 15 is 0 Å². The number of fused-ring (bicyclic) bond motifs is 6. The molecular formula is C77H36F3N11. The number of benzene rings is 11. The van der Waals surface area contributed by atoms with Crippen LogP contribution in [0, 0.1) is 89.9 Å². The molecule has 0 aliphatic heterocycles. The molecule has 0 atom stereocenters. The SMILES string of the molecule is [C-]#[N+]c1ccc(-c2ccc3c(c2)c2cc(-c4ccc(C#N)cc4[N+]#[C-])ccc2n3-c2ccc(-c3cc(C)cc(C(F)(F)F)c3)cc2-c2c([N+]#[C-])cccc2-n2c3ccc(-c4ccc(C#N)cc4C#N)cc3c3cc(-c4ccc([N+]#[C-])cc4C#N)ccc32)c(C#N)c1. The molecule has 13 rings (SSSR count). The van der Waals surface area contributed by atoms with Crippen LogP contribution in [0.2, 0.25) is 0 Å². The summed E-state index contributed by atoms with van der Waals surface area (Å²) in [6, 6.07) is 68.2. The number of rotatable bonds is 8. The van der Waals surface area contributed by atoms with Crippen molar-refractivity contribution < 1.29 is 13.2 Å². The molecule has 0 aliphatic rings. The molecule has 420 valence electrons. The van der Waals surface area contributed by atoms with E-state index in [2.05, 4.69) is 49.7 Å². The molecule has 13 aromatic rings. The van der Waals surface area contributed by atoms with E-state index in [9.17, 15) is 39.5 Å². The highest BCUT2D eigenvalue weighted by Gasteiger charge is 2.32. The Labute approximate surface area is 518 Å². The van der Waals surface area contributed by atoms with E-state index in [-0.39, 0.29) is 33.6 Å². The van der Waals surface area contributed by atoms with Crippen molar-refractivity contribution in [1.29, 1.82) is 26.3 Å². The maximum absolute atomic E-state index is 14.8. The van der Waals surface area contributed by atoms with Gasteiger partial charge in [0, 0.05) is 49.5 Å². The topological polar surface area (TPSA) is 146 Å². The van der Waals surface area contributed by atoms with Crippen molar-refractivity contribution in [1.82, 2.24) is 9.13 Å². The number of aromatic nitrogens is 2. The molecule has 0 spiro atoms. The van der Waals surface area contributed by atoms with Crippen molar-refractivity contribution in [3.63, 3.8) is 0 Å².